The van der Waals surface area contributed by atoms with E-state index < -0.39 is 0 Å². The molecule has 0 aromatic carbocycles. The lowest BCUT2D eigenvalue weighted by molar-refractivity contribution is -0.123. The van der Waals surface area contributed by atoms with Crippen molar-refractivity contribution in [3.63, 3.8) is 0 Å². The summed E-state index contributed by atoms with van der Waals surface area (Å²) in [5.41, 5.74) is 0. The molecule has 3 atom stereocenters. The summed E-state index contributed by atoms with van der Waals surface area (Å²) in [7, 11) is 0. The molecular formula is C13H26N2O2. The molecule has 17 heavy (non-hydrogen) atoms. The third kappa shape index (κ3) is 4.28. The Hall–Kier alpha value is -0.610. The second kappa shape index (κ2) is 6.97. The third-order valence-corrected chi connectivity index (χ3v) is 3.66. The van der Waals surface area contributed by atoms with E-state index in [-0.39, 0.29) is 24.6 Å². The molecule has 0 saturated carbocycles. The number of aliphatic hydroxyl groups is 1. The van der Waals surface area contributed by atoms with E-state index in [1.54, 1.807) is 0 Å². The number of nitrogens with one attached hydrogen (secondary N) is 1. The standard InChI is InChI=1S/C13H26N2O2/c1-4-5-11(3)14-13(17)8-15-7-6-10(2)12(15)9-16/h10-12,16H,4-9H2,1-3H3,(H,14,17). The first kappa shape index (κ1) is 14.5. The van der Waals surface area contributed by atoms with Crippen molar-refractivity contribution >= 4 is 5.91 Å². The molecule has 100 valence electrons. The van der Waals surface area contributed by atoms with Crippen molar-refractivity contribution in [2.45, 2.75) is 52.1 Å². The van der Waals surface area contributed by atoms with E-state index in [4.69, 9.17) is 0 Å². The molecule has 4 nitrogen and oxygen atoms in total. The van der Waals surface area contributed by atoms with Gasteiger partial charge < -0.3 is 10.4 Å². The Labute approximate surface area is 104 Å². The third-order valence-electron chi connectivity index (χ3n) is 3.66. The van der Waals surface area contributed by atoms with Gasteiger partial charge in [0.15, 0.2) is 0 Å². The Morgan fingerprint density at radius 2 is 2.29 bits per heavy atom. The summed E-state index contributed by atoms with van der Waals surface area (Å²) < 4.78 is 0. The minimum Gasteiger partial charge on any atom is -0.395 e. The second-order valence-corrected chi connectivity index (χ2v) is 5.24. The van der Waals surface area contributed by atoms with E-state index in [0.717, 1.165) is 25.8 Å². The first-order valence-electron chi connectivity index (χ1n) is 6.72. The van der Waals surface area contributed by atoms with Gasteiger partial charge in [0, 0.05) is 12.1 Å². The molecule has 1 amide bonds. The minimum atomic E-state index is 0.0819. The average molecular weight is 242 g/mol. The zero-order valence-electron chi connectivity index (χ0n) is 11.3. The predicted octanol–water partition coefficient (Wildman–Crippen LogP) is 0.994. The van der Waals surface area contributed by atoms with Gasteiger partial charge in [-0.25, -0.2) is 0 Å². The molecule has 4 heteroatoms. The monoisotopic (exact) mass is 242 g/mol. The fourth-order valence-electron chi connectivity index (χ4n) is 2.59. The summed E-state index contributed by atoms with van der Waals surface area (Å²) in [4.78, 5) is 13.9. The van der Waals surface area contributed by atoms with E-state index >= 15 is 0 Å². The maximum absolute atomic E-state index is 11.8. The molecule has 1 saturated heterocycles. The van der Waals surface area contributed by atoms with Crippen LogP contribution in [0.15, 0.2) is 0 Å². The normalized spacial score (nSPS) is 27.1. The van der Waals surface area contributed by atoms with Crippen molar-refractivity contribution in [3.05, 3.63) is 0 Å². The molecule has 0 spiro atoms. The number of nitrogens with zero attached hydrogens (tertiary/aromatic N) is 1. The molecule has 1 aliphatic rings. The van der Waals surface area contributed by atoms with Gasteiger partial charge in [-0.05, 0) is 32.2 Å². The molecular weight excluding hydrogens is 216 g/mol. The second-order valence-electron chi connectivity index (χ2n) is 5.24. The molecule has 0 bridgehead atoms. The van der Waals surface area contributed by atoms with Crippen LogP contribution in [0.25, 0.3) is 0 Å². The van der Waals surface area contributed by atoms with Gasteiger partial charge in [-0.15, -0.1) is 0 Å². The predicted molar refractivity (Wildman–Crippen MR) is 68.7 cm³/mol. The van der Waals surface area contributed by atoms with Crippen LogP contribution < -0.4 is 5.32 Å². The summed E-state index contributed by atoms with van der Waals surface area (Å²) in [5.74, 6) is 0.569. The van der Waals surface area contributed by atoms with E-state index in [1.807, 2.05) is 6.92 Å². The van der Waals surface area contributed by atoms with Crippen molar-refractivity contribution < 1.29 is 9.90 Å². The lowest BCUT2D eigenvalue weighted by Crippen LogP contribution is -2.44. The summed E-state index contributed by atoms with van der Waals surface area (Å²) in [6.07, 6.45) is 3.18. The summed E-state index contributed by atoms with van der Waals surface area (Å²) in [6.45, 7) is 7.78. The number of hydrogen-bond acceptors (Lipinski definition) is 3. The van der Waals surface area contributed by atoms with Crippen molar-refractivity contribution in [3.8, 4) is 0 Å². The van der Waals surface area contributed by atoms with Crippen molar-refractivity contribution in [1.29, 1.82) is 0 Å². The molecule has 0 aliphatic carbocycles. The Morgan fingerprint density at radius 1 is 1.59 bits per heavy atom. The highest BCUT2D eigenvalue weighted by Gasteiger charge is 2.31. The fourth-order valence-corrected chi connectivity index (χ4v) is 2.59. The lowest BCUT2D eigenvalue weighted by Gasteiger charge is -2.25. The van der Waals surface area contributed by atoms with Crippen LogP contribution in [0.1, 0.15) is 40.0 Å². The number of carbonyl (C=O) groups excluding carboxylic acids is 1. The van der Waals surface area contributed by atoms with E-state index in [2.05, 4.69) is 24.1 Å². The van der Waals surface area contributed by atoms with E-state index in [0.29, 0.717) is 12.5 Å². The summed E-state index contributed by atoms with van der Waals surface area (Å²) >= 11 is 0. The Morgan fingerprint density at radius 3 is 2.88 bits per heavy atom. The molecule has 2 N–H and O–H groups in total. The number of aliphatic hydroxyl groups excluding tert-OH is 1. The van der Waals surface area contributed by atoms with Gasteiger partial charge in [0.2, 0.25) is 5.91 Å². The SMILES string of the molecule is CCCC(C)NC(=O)CN1CCC(C)C1CO. The van der Waals surface area contributed by atoms with Crippen LogP contribution >= 0.6 is 0 Å². The maximum atomic E-state index is 11.8. The Kier molecular flexibility index (Phi) is 5.92. The maximum Gasteiger partial charge on any atom is 0.234 e. The van der Waals surface area contributed by atoms with Crippen LogP contribution in [0.2, 0.25) is 0 Å². The zero-order valence-corrected chi connectivity index (χ0v) is 11.3. The van der Waals surface area contributed by atoms with Gasteiger partial charge >= 0.3 is 0 Å². The van der Waals surface area contributed by atoms with Crippen molar-refractivity contribution in [2.24, 2.45) is 5.92 Å². The van der Waals surface area contributed by atoms with Crippen LogP contribution in [0.4, 0.5) is 0 Å². The number of likely N-dealkylation sites (tertiary alicyclic amines) is 1. The topological polar surface area (TPSA) is 52.6 Å². The van der Waals surface area contributed by atoms with E-state index in [9.17, 15) is 9.90 Å². The van der Waals surface area contributed by atoms with Gasteiger partial charge in [0.05, 0.1) is 13.2 Å². The molecule has 3 unspecified atom stereocenters. The molecule has 1 fully saturated rings. The van der Waals surface area contributed by atoms with Crippen LogP contribution in [-0.4, -0.2) is 47.7 Å². The van der Waals surface area contributed by atoms with Crippen LogP contribution in [0.3, 0.4) is 0 Å². The number of amides is 1. The van der Waals surface area contributed by atoms with Gasteiger partial charge in [0.25, 0.3) is 0 Å². The summed E-state index contributed by atoms with van der Waals surface area (Å²) in [6, 6.07) is 0.405. The fraction of sp³-hybridized carbons (Fsp3) is 0.923. The van der Waals surface area contributed by atoms with Gasteiger partial charge in [-0.1, -0.05) is 20.3 Å². The number of rotatable bonds is 6. The van der Waals surface area contributed by atoms with E-state index in [1.165, 1.54) is 0 Å². The highest BCUT2D eigenvalue weighted by Crippen LogP contribution is 2.22. The molecule has 0 aromatic rings. The molecule has 1 heterocycles. The minimum absolute atomic E-state index is 0.0819. The first-order valence-corrected chi connectivity index (χ1v) is 6.72. The first-order chi connectivity index (χ1) is 8.08. The van der Waals surface area contributed by atoms with Gasteiger partial charge in [0.1, 0.15) is 0 Å². The summed E-state index contributed by atoms with van der Waals surface area (Å²) in [5, 5.41) is 12.3. The molecule has 1 rings (SSSR count). The van der Waals surface area contributed by atoms with Crippen LogP contribution in [-0.2, 0) is 4.79 Å². The number of hydrogen-bond donors (Lipinski definition) is 2. The van der Waals surface area contributed by atoms with Crippen LogP contribution in [0, 0.1) is 5.92 Å². The largest absolute Gasteiger partial charge is 0.395 e. The lowest BCUT2D eigenvalue weighted by atomic mass is 10.0. The zero-order chi connectivity index (χ0) is 12.8. The van der Waals surface area contributed by atoms with Gasteiger partial charge in [-0.2, -0.15) is 0 Å². The van der Waals surface area contributed by atoms with Crippen molar-refractivity contribution in [1.82, 2.24) is 10.2 Å². The van der Waals surface area contributed by atoms with Gasteiger partial charge in [-0.3, -0.25) is 9.69 Å². The molecule has 0 aromatic heterocycles. The highest BCUT2D eigenvalue weighted by atomic mass is 16.3. The molecule has 1 aliphatic heterocycles. The number of carbonyl (C=O) groups is 1. The quantitative estimate of drug-likeness (QED) is 0.730. The smallest absolute Gasteiger partial charge is 0.234 e. The van der Waals surface area contributed by atoms with Crippen LogP contribution in [0.5, 0.6) is 0 Å². The average Bonchev–Trinajstić information content (AvgIpc) is 2.59. The Balaban J connectivity index is 2.35. The molecule has 0 radical (unpaired) electrons. The Bertz CT molecular complexity index is 246. The van der Waals surface area contributed by atoms with Crippen molar-refractivity contribution in [2.75, 3.05) is 19.7 Å². The highest BCUT2D eigenvalue weighted by molar-refractivity contribution is 5.78.